The number of carboxylic acids is 1. The van der Waals surface area contributed by atoms with Crippen molar-refractivity contribution >= 4 is 17.2 Å². The molecule has 0 spiro atoms. The van der Waals surface area contributed by atoms with Crippen LogP contribution in [0.3, 0.4) is 0 Å². The van der Waals surface area contributed by atoms with E-state index in [0.29, 0.717) is 12.1 Å². The molecule has 0 atom stereocenters. The van der Waals surface area contributed by atoms with Crippen LogP contribution in [-0.2, 0) is 4.79 Å². The van der Waals surface area contributed by atoms with E-state index in [2.05, 4.69) is 6.58 Å². The molecular formula is C12H15NO2. The van der Waals surface area contributed by atoms with Gasteiger partial charge >= 0.3 is 5.97 Å². The summed E-state index contributed by atoms with van der Waals surface area (Å²) >= 11 is 0. The van der Waals surface area contributed by atoms with Gasteiger partial charge in [-0.2, -0.15) is 0 Å². The minimum absolute atomic E-state index is 0.0895. The van der Waals surface area contributed by atoms with Gasteiger partial charge in [0, 0.05) is 17.7 Å². The lowest BCUT2D eigenvalue weighted by Crippen LogP contribution is -1.98. The normalized spacial score (nSPS) is 9.93. The lowest BCUT2D eigenvalue weighted by molar-refractivity contribution is -0.136. The van der Waals surface area contributed by atoms with Crippen LogP contribution in [0.5, 0.6) is 0 Å². The van der Waals surface area contributed by atoms with Gasteiger partial charge in [0.2, 0.25) is 0 Å². The lowest BCUT2D eigenvalue weighted by atomic mass is 9.99. The molecule has 3 heteroatoms. The van der Waals surface area contributed by atoms with E-state index in [0.717, 1.165) is 16.7 Å². The number of hydrogen-bond donors (Lipinski definition) is 2. The number of benzene rings is 1. The molecule has 0 aliphatic carbocycles. The maximum atomic E-state index is 10.4. The topological polar surface area (TPSA) is 63.3 Å². The first-order valence-electron chi connectivity index (χ1n) is 4.77. The number of aryl methyl sites for hydroxylation is 1. The highest BCUT2D eigenvalue weighted by molar-refractivity contribution is 5.77. The Bertz CT molecular complexity index is 397. The van der Waals surface area contributed by atoms with Crippen LogP contribution < -0.4 is 5.73 Å². The Morgan fingerprint density at radius 2 is 2.13 bits per heavy atom. The summed E-state index contributed by atoms with van der Waals surface area (Å²) in [5.74, 6) is -0.817. The zero-order valence-electron chi connectivity index (χ0n) is 8.79. The summed E-state index contributed by atoms with van der Waals surface area (Å²) in [6.07, 6.45) is 0.523. The third-order valence-electron chi connectivity index (χ3n) is 2.23. The van der Waals surface area contributed by atoms with Gasteiger partial charge in [-0.05, 0) is 31.1 Å². The molecule has 0 fully saturated rings. The van der Waals surface area contributed by atoms with E-state index in [4.69, 9.17) is 10.8 Å². The van der Waals surface area contributed by atoms with E-state index >= 15 is 0 Å². The molecule has 15 heavy (non-hydrogen) atoms. The van der Waals surface area contributed by atoms with Gasteiger partial charge < -0.3 is 10.8 Å². The van der Waals surface area contributed by atoms with Gasteiger partial charge in [0.05, 0.1) is 0 Å². The number of nitrogen functional groups attached to an aromatic ring is 1. The summed E-state index contributed by atoms with van der Waals surface area (Å²) in [5.41, 5.74) is 9.16. The number of hydrogen-bond acceptors (Lipinski definition) is 2. The molecule has 0 radical (unpaired) electrons. The summed E-state index contributed by atoms with van der Waals surface area (Å²) in [4.78, 5) is 10.4. The minimum atomic E-state index is -0.817. The van der Waals surface area contributed by atoms with E-state index in [1.165, 1.54) is 0 Å². The van der Waals surface area contributed by atoms with Crippen molar-refractivity contribution in [1.82, 2.24) is 0 Å². The molecule has 0 aliphatic rings. The fourth-order valence-corrected chi connectivity index (χ4v) is 1.37. The average molecular weight is 205 g/mol. The van der Waals surface area contributed by atoms with Crippen LogP contribution in [0.4, 0.5) is 5.69 Å². The Balaban J connectivity index is 2.81. The molecule has 0 unspecified atom stereocenters. The molecule has 1 aromatic carbocycles. The lowest BCUT2D eigenvalue weighted by Gasteiger charge is -2.08. The summed E-state index contributed by atoms with van der Waals surface area (Å²) in [6.45, 7) is 5.82. The molecular weight excluding hydrogens is 190 g/mol. The fourth-order valence-electron chi connectivity index (χ4n) is 1.37. The molecule has 0 saturated carbocycles. The molecule has 1 rings (SSSR count). The SMILES string of the molecule is C=C(CCC(=O)O)c1cc(C)ccc1N. The Morgan fingerprint density at radius 3 is 2.73 bits per heavy atom. The standard InChI is InChI=1S/C12H15NO2/c1-8-3-5-11(13)10(7-8)9(2)4-6-12(14)15/h3,5,7H,2,4,6,13H2,1H3,(H,14,15). The van der Waals surface area contributed by atoms with Crippen molar-refractivity contribution in [1.29, 1.82) is 0 Å². The second-order valence-electron chi connectivity index (χ2n) is 3.59. The second kappa shape index (κ2) is 4.64. The van der Waals surface area contributed by atoms with Gasteiger partial charge in [0.1, 0.15) is 0 Å². The van der Waals surface area contributed by atoms with E-state index < -0.39 is 5.97 Å². The first kappa shape index (κ1) is 11.3. The molecule has 0 heterocycles. The third kappa shape index (κ3) is 3.13. The monoisotopic (exact) mass is 205 g/mol. The molecule has 0 aliphatic heterocycles. The molecule has 80 valence electrons. The predicted molar refractivity (Wildman–Crippen MR) is 61.5 cm³/mol. The van der Waals surface area contributed by atoms with Crippen LogP contribution in [0.2, 0.25) is 0 Å². The van der Waals surface area contributed by atoms with Crippen LogP contribution >= 0.6 is 0 Å². The van der Waals surface area contributed by atoms with Gasteiger partial charge in [-0.15, -0.1) is 0 Å². The Morgan fingerprint density at radius 1 is 1.47 bits per heavy atom. The van der Waals surface area contributed by atoms with Gasteiger partial charge in [0.25, 0.3) is 0 Å². The van der Waals surface area contributed by atoms with Crippen molar-refractivity contribution in [2.45, 2.75) is 19.8 Å². The number of carbonyl (C=O) groups is 1. The highest BCUT2D eigenvalue weighted by Gasteiger charge is 2.06. The van der Waals surface area contributed by atoms with Gasteiger partial charge in [-0.3, -0.25) is 4.79 Å². The number of aliphatic carboxylic acids is 1. The van der Waals surface area contributed by atoms with Crippen molar-refractivity contribution < 1.29 is 9.90 Å². The number of nitrogens with two attached hydrogens (primary N) is 1. The number of carboxylic acid groups (broad SMARTS) is 1. The van der Waals surface area contributed by atoms with Crippen LogP contribution in [0.15, 0.2) is 24.8 Å². The van der Waals surface area contributed by atoms with Gasteiger partial charge in [-0.25, -0.2) is 0 Å². The fraction of sp³-hybridized carbons (Fsp3) is 0.250. The maximum Gasteiger partial charge on any atom is 0.303 e. The van der Waals surface area contributed by atoms with Crippen LogP contribution in [0.1, 0.15) is 24.0 Å². The number of anilines is 1. The second-order valence-corrected chi connectivity index (χ2v) is 3.59. The Kier molecular flexibility index (Phi) is 3.50. The zero-order valence-corrected chi connectivity index (χ0v) is 8.79. The van der Waals surface area contributed by atoms with E-state index in [-0.39, 0.29) is 6.42 Å². The van der Waals surface area contributed by atoms with E-state index in [1.807, 2.05) is 25.1 Å². The highest BCUT2D eigenvalue weighted by atomic mass is 16.4. The zero-order chi connectivity index (χ0) is 11.4. The smallest absolute Gasteiger partial charge is 0.303 e. The summed E-state index contributed by atoms with van der Waals surface area (Å²) in [5, 5.41) is 8.56. The molecule has 0 aromatic heterocycles. The maximum absolute atomic E-state index is 10.4. The van der Waals surface area contributed by atoms with E-state index in [1.54, 1.807) is 0 Å². The third-order valence-corrected chi connectivity index (χ3v) is 2.23. The Hall–Kier alpha value is -1.77. The Labute approximate surface area is 89.2 Å². The van der Waals surface area contributed by atoms with Crippen molar-refractivity contribution in [3.63, 3.8) is 0 Å². The number of rotatable bonds is 4. The quantitative estimate of drug-likeness (QED) is 0.742. The van der Waals surface area contributed by atoms with Crippen LogP contribution in [0.25, 0.3) is 5.57 Å². The molecule has 0 bridgehead atoms. The number of allylic oxidation sites excluding steroid dienone is 1. The predicted octanol–water partition coefficient (Wildman–Crippen LogP) is 2.46. The summed E-state index contributed by atoms with van der Waals surface area (Å²) < 4.78 is 0. The summed E-state index contributed by atoms with van der Waals surface area (Å²) in [7, 11) is 0. The van der Waals surface area contributed by atoms with Gasteiger partial charge in [0.15, 0.2) is 0 Å². The highest BCUT2D eigenvalue weighted by Crippen LogP contribution is 2.24. The molecule has 3 nitrogen and oxygen atoms in total. The largest absolute Gasteiger partial charge is 0.481 e. The van der Waals surface area contributed by atoms with Crippen molar-refractivity contribution in [2.75, 3.05) is 5.73 Å². The van der Waals surface area contributed by atoms with Gasteiger partial charge in [-0.1, -0.05) is 18.2 Å². The average Bonchev–Trinajstić information content (AvgIpc) is 2.18. The van der Waals surface area contributed by atoms with Crippen LogP contribution in [0, 0.1) is 6.92 Å². The van der Waals surface area contributed by atoms with Crippen molar-refractivity contribution in [2.24, 2.45) is 0 Å². The molecule has 0 amide bonds. The van der Waals surface area contributed by atoms with Crippen LogP contribution in [-0.4, -0.2) is 11.1 Å². The van der Waals surface area contributed by atoms with E-state index in [9.17, 15) is 4.79 Å². The summed E-state index contributed by atoms with van der Waals surface area (Å²) in [6, 6.07) is 5.67. The molecule has 1 aromatic rings. The van der Waals surface area contributed by atoms with Crippen molar-refractivity contribution in [3.8, 4) is 0 Å². The molecule has 3 N–H and O–H groups in total. The molecule has 0 saturated heterocycles. The van der Waals surface area contributed by atoms with Crippen molar-refractivity contribution in [3.05, 3.63) is 35.9 Å². The first-order valence-corrected chi connectivity index (χ1v) is 4.77. The first-order chi connectivity index (χ1) is 7.00. The minimum Gasteiger partial charge on any atom is -0.481 e.